The van der Waals surface area contributed by atoms with Gasteiger partial charge in [-0.1, -0.05) is 206 Å². The van der Waals surface area contributed by atoms with Gasteiger partial charge >= 0.3 is 5.97 Å². The molecule has 0 fully saturated rings. The van der Waals surface area contributed by atoms with Crippen LogP contribution in [0.1, 0.15) is 232 Å². The third-order valence-electron chi connectivity index (χ3n) is 11.5. The molecule has 346 valence electrons. The molecule has 0 spiro atoms. The Hall–Kier alpha value is -1.46. The number of rotatable bonds is 48. The van der Waals surface area contributed by atoms with Crippen LogP contribution in [-0.4, -0.2) is 96.5 Å². The summed E-state index contributed by atoms with van der Waals surface area (Å²) in [5.41, 5.74) is 10.9. The van der Waals surface area contributed by atoms with Gasteiger partial charge in [-0.25, -0.2) is 0 Å². The van der Waals surface area contributed by atoms with Crippen molar-refractivity contribution in [1.29, 1.82) is 0 Å². The molecule has 0 bridgehead atoms. The number of carbonyl (C=O) groups is 1. The van der Waals surface area contributed by atoms with Gasteiger partial charge in [-0.05, 0) is 25.7 Å². The molecule has 2 unspecified atom stereocenters. The number of hydrogen-bond donors (Lipinski definition) is 5. The Kier molecular flexibility index (Phi) is 43.9. The van der Waals surface area contributed by atoms with Crippen molar-refractivity contribution < 1.29 is 29.6 Å². The van der Waals surface area contributed by atoms with Gasteiger partial charge < -0.3 is 36.3 Å². The topological polar surface area (TPSA) is 164 Å². The highest BCUT2D eigenvalue weighted by Crippen LogP contribution is 2.16. The van der Waals surface area contributed by atoms with Gasteiger partial charge in [0.05, 0.1) is 25.4 Å². The Balaban J connectivity index is 4.24. The fourth-order valence-electron chi connectivity index (χ4n) is 7.87. The molecule has 58 heavy (non-hydrogen) atoms. The van der Waals surface area contributed by atoms with E-state index in [1.165, 1.54) is 180 Å². The van der Waals surface area contributed by atoms with E-state index in [0.717, 1.165) is 25.7 Å². The zero-order valence-corrected chi connectivity index (χ0v) is 38.3. The van der Waals surface area contributed by atoms with E-state index in [9.17, 15) is 20.1 Å². The predicted octanol–water partition coefficient (Wildman–Crippen LogP) is 11.1. The van der Waals surface area contributed by atoms with Crippen LogP contribution in [0.15, 0.2) is 4.99 Å². The summed E-state index contributed by atoms with van der Waals surface area (Å²) in [4.78, 5) is 18.0. The molecule has 0 rings (SSSR count). The van der Waals surface area contributed by atoms with E-state index in [4.69, 9.17) is 20.9 Å². The van der Waals surface area contributed by atoms with Crippen molar-refractivity contribution in [3.05, 3.63) is 0 Å². The molecule has 0 aromatic rings. The summed E-state index contributed by atoms with van der Waals surface area (Å²) in [6, 6.07) is -0.904. The number of aliphatic hydroxyl groups is 2. The summed E-state index contributed by atoms with van der Waals surface area (Å²) in [7, 11) is 0. The van der Waals surface area contributed by atoms with Crippen molar-refractivity contribution in [3.63, 3.8) is 0 Å². The SMILES string of the molecule is CCCCCCCCCCCCCCCCCCOCC(O)CN(CC(O)COCCCCCCCCCCCCCCCCCC)[C@@H](CCCN=C(N)N)C(=O)O. The van der Waals surface area contributed by atoms with E-state index in [2.05, 4.69) is 18.8 Å². The number of hydrogen-bond acceptors (Lipinski definition) is 7. The summed E-state index contributed by atoms with van der Waals surface area (Å²) >= 11 is 0. The van der Waals surface area contributed by atoms with Gasteiger partial charge in [0.25, 0.3) is 0 Å². The smallest absolute Gasteiger partial charge is 0.320 e. The van der Waals surface area contributed by atoms with Crippen LogP contribution in [-0.2, 0) is 14.3 Å². The van der Waals surface area contributed by atoms with Crippen LogP contribution in [0.2, 0.25) is 0 Å². The number of aliphatic imine (C=N–C) groups is 1. The molecular weight excluding hydrogens is 729 g/mol. The van der Waals surface area contributed by atoms with Gasteiger partial charge in [0, 0.05) is 32.8 Å². The maximum Gasteiger partial charge on any atom is 0.320 e. The van der Waals surface area contributed by atoms with E-state index < -0.39 is 24.2 Å². The first kappa shape index (κ1) is 56.5. The number of carboxylic acids is 1. The van der Waals surface area contributed by atoms with Crippen molar-refractivity contribution in [2.24, 2.45) is 16.5 Å². The average Bonchev–Trinajstić information content (AvgIpc) is 3.19. The summed E-state index contributed by atoms with van der Waals surface area (Å²) in [6.45, 7) is 6.42. The van der Waals surface area contributed by atoms with Gasteiger partial charge in [0.15, 0.2) is 5.96 Å². The van der Waals surface area contributed by atoms with E-state index in [1.54, 1.807) is 4.90 Å². The average molecular weight is 827 g/mol. The maximum absolute atomic E-state index is 12.3. The van der Waals surface area contributed by atoms with Gasteiger partial charge in [0.1, 0.15) is 6.04 Å². The lowest BCUT2D eigenvalue weighted by molar-refractivity contribution is -0.145. The molecule has 10 nitrogen and oxygen atoms in total. The highest BCUT2D eigenvalue weighted by atomic mass is 16.5. The van der Waals surface area contributed by atoms with Gasteiger partial charge in [-0.3, -0.25) is 14.7 Å². The quantitative estimate of drug-likeness (QED) is 0.0228. The molecular formula is C48H98N4O6. The van der Waals surface area contributed by atoms with Gasteiger partial charge in [-0.15, -0.1) is 0 Å². The van der Waals surface area contributed by atoms with Crippen LogP contribution >= 0.6 is 0 Å². The largest absolute Gasteiger partial charge is 0.480 e. The van der Waals surface area contributed by atoms with Crippen molar-refractivity contribution in [1.82, 2.24) is 4.90 Å². The molecule has 0 aliphatic carbocycles. The lowest BCUT2D eigenvalue weighted by Gasteiger charge is -2.32. The Bertz CT molecular complexity index is 829. The third-order valence-corrected chi connectivity index (χ3v) is 11.5. The Labute approximate surface area is 358 Å². The fourth-order valence-corrected chi connectivity index (χ4v) is 7.87. The molecule has 0 aromatic heterocycles. The second kappa shape index (κ2) is 45.1. The van der Waals surface area contributed by atoms with E-state index in [-0.39, 0.29) is 38.7 Å². The summed E-state index contributed by atoms with van der Waals surface area (Å²) < 4.78 is 11.6. The number of carboxylic acid groups (broad SMARTS) is 1. The van der Waals surface area contributed by atoms with Crippen LogP contribution in [0.3, 0.4) is 0 Å². The van der Waals surface area contributed by atoms with Gasteiger partial charge in [-0.2, -0.15) is 0 Å². The number of guanidine groups is 1. The molecule has 3 atom stereocenters. The number of nitrogens with zero attached hydrogens (tertiary/aromatic N) is 2. The second-order valence-electron chi connectivity index (χ2n) is 17.3. The number of unbranched alkanes of at least 4 members (excludes halogenated alkanes) is 30. The van der Waals surface area contributed by atoms with Crippen molar-refractivity contribution in [2.45, 2.75) is 250 Å². The van der Waals surface area contributed by atoms with E-state index >= 15 is 0 Å². The zero-order chi connectivity index (χ0) is 42.6. The number of nitrogens with two attached hydrogens (primary N) is 2. The Morgan fingerprint density at radius 3 is 1.07 bits per heavy atom. The third kappa shape index (κ3) is 41.3. The molecule has 0 aliphatic heterocycles. The highest BCUT2D eigenvalue weighted by molar-refractivity contribution is 5.75. The summed E-state index contributed by atoms with van der Waals surface area (Å²) in [5.74, 6) is -1.04. The summed E-state index contributed by atoms with van der Waals surface area (Å²) in [6.07, 6.45) is 41.1. The molecule has 0 saturated heterocycles. The number of aliphatic carboxylic acids is 1. The predicted molar refractivity (Wildman–Crippen MR) is 246 cm³/mol. The summed E-state index contributed by atoms with van der Waals surface area (Å²) in [5, 5.41) is 31.8. The van der Waals surface area contributed by atoms with Crippen LogP contribution in [0.25, 0.3) is 0 Å². The van der Waals surface area contributed by atoms with E-state index in [1.807, 2.05) is 0 Å². The van der Waals surface area contributed by atoms with Crippen molar-refractivity contribution >= 4 is 11.9 Å². The lowest BCUT2D eigenvalue weighted by atomic mass is 10.0. The van der Waals surface area contributed by atoms with Crippen LogP contribution in [0.5, 0.6) is 0 Å². The number of aliphatic hydroxyl groups excluding tert-OH is 2. The highest BCUT2D eigenvalue weighted by Gasteiger charge is 2.29. The normalized spacial score (nSPS) is 13.3. The monoisotopic (exact) mass is 827 g/mol. The molecule has 0 aromatic carbocycles. The molecule has 7 N–H and O–H groups in total. The minimum absolute atomic E-state index is 0.0300. The van der Waals surface area contributed by atoms with Crippen molar-refractivity contribution in [2.75, 3.05) is 46.1 Å². The fraction of sp³-hybridized carbons (Fsp3) is 0.958. The minimum atomic E-state index is -1.01. The zero-order valence-electron chi connectivity index (χ0n) is 38.3. The van der Waals surface area contributed by atoms with Crippen molar-refractivity contribution in [3.8, 4) is 0 Å². The lowest BCUT2D eigenvalue weighted by Crippen LogP contribution is -2.49. The van der Waals surface area contributed by atoms with Crippen LogP contribution < -0.4 is 11.5 Å². The molecule has 0 amide bonds. The second-order valence-corrected chi connectivity index (χ2v) is 17.3. The van der Waals surface area contributed by atoms with Gasteiger partial charge in [0.2, 0.25) is 0 Å². The first-order valence-electron chi connectivity index (χ1n) is 24.9. The Morgan fingerprint density at radius 2 is 0.793 bits per heavy atom. The number of ether oxygens (including phenoxy) is 2. The van der Waals surface area contributed by atoms with Crippen LogP contribution in [0.4, 0.5) is 0 Å². The maximum atomic E-state index is 12.3. The molecule has 10 heteroatoms. The first-order valence-corrected chi connectivity index (χ1v) is 24.9. The first-order chi connectivity index (χ1) is 28.3. The Morgan fingerprint density at radius 1 is 0.500 bits per heavy atom. The molecule has 0 saturated carbocycles. The molecule has 0 radical (unpaired) electrons. The van der Waals surface area contributed by atoms with E-state index in [0.29, 0.717) is 26.2 Å². The molecule has 0 heterocycles. The van der Waals surface area contributed by atoms with Crippen LogP contribution in [0, 0.1) is 0 Å². The standard InChI is InChI=1S/C48H98N4O6/c1-3-5-7-9-11-13-15-17-19-21-23-25-27-29-31-33-38-57-42-44(53)40-52(46(47(55)56)36-35-37-51-48(49)50)41-45(54)43-58-39-34-32-30-28-26-24-22-20-18-16-14-12-10-8-6-4-2/h44-46,53-54H,3-43H2,1-2H3,(H,55,56)(H4,49,50,51)/t44?,45?,46-/m0/s1. The minimum Gasteiger partial charge on any atom is -0.480 e. The molecule has 0 aliphatic rings.